The molecule has 1 unspecified atom stereocenters. The van der Waals surface area contributed by atoms with Crippen molar-refractivity contribution in [3.63, 3.8) is 0 Å². The Morgan fingerprint density at radius 3 is 2.87 bits per heavy atom. The van der Waals surface area contributed by atoms with Crippen LogP contribution in [0.2, 0.25) is 0 Å². The summed E-state index contributed by atoms with van der Waals surface area (Å²) in [6.45, 7) is 5.40. The lowest BCUT2D eigenvalue weighted by Crippen LogP contribution is -2.25. The quantitative estimate of drug-likeness (QED) is 0.619. The minimum absolute atomic E-state index is 0.311. The van der Waals surface area contributed by atoms with Crippen molar-refractivity contribution in [2.45, 2.75) is 26.3 Å². The predicted molar refractivity (Wildman–Crippen MR) is 63.5 cm³/mol. The van der Waals surface area contributed by atoms with E-state index in [2.05, 4.69) is 24.5 Å². The first-order valence-corrected chi connectivity index (χ1v) is 5.50. The highest BCUT2D eigenvalue weighted by atomic mass is 16.3. The van der Waals surface area contributed by atoms with Crippen LogP contribution in [0.15, 0.2) is 18.2 Å². The summed E-state index contributed by atoms with van der Waals surface area (Å²) in [5.74, 6) is 0.928. The monoisotopic (exact) mass is 206 g/mol. The molecular formula is C12H18N2O. The Hall–Kier alpha value is -1.38. The van der Waals surface area contributed by atoms with Crippen LogP contribution in [-0.4, -0.2) is 17.7 Å². The maximum absolute atomic E-state index is 9.39. The number of hydrogen-bond donors (Lipinski definition) is 3. The van der Waals surface area contributed by atoms with Crippen LogP contribution in [0.5, 0.6) is 5.75 Å². The van der Waals surface area contributed by atoms with Gasteiger partial charge in [0.05, 0.1) is 11.4 Å². The van der Waals surface area contributed by atoms with Crippen molar-refractivity contribution < 1.29 is 5.11 Å². The minimum atomic E-state index is 0.311. The second kappa shape index (κ2) is 4.01. The summed E-state index contributed by atoms with van der Waals surface area (Å²) in [5.41, 5.74) is 2.09. The molecule has 1 aliphatic rings. The Bertz CT molecular complexity index is 349. The molecule has 0 saturated carbocycles. The lowest BCUT2D eigenvalue weighted by molar-refractivity contribution is 0.475. The van der Waals surface area contributed by atoms with Gasteiger partial charge in [-0.15, -0.1) is 0 Å². The van der Waals surface area contributed by atoms with Gasteiger partial charge in [-0.25, -0.2) is 0 Å². The van der Waals surface area contributed by atoms with Gasteiger partial charge in [0.25, 0.3) is 0 Å². The van der Waals surface area contributed by atoms with Crippen molar-refractivity contribution in [2.75, 3.05) is 17.2 Å². The molecule has 3 heteroatoms. The zero-order valence-corrected chi connectivity index (χ0v) is 9.25. The summed E-state index contributed by atoms with van der Waals surface area (Å²) in [4.78, 5) is 0. The molecule has 0 radical (unpaired) electrons. The predicted octanol–water partition coefficient (Wildman–Crippen LogP) is 2.64. The van der Waals surface area contributed by atoms with E-state index >= 15 is 0 Å². The average Bonchev–Trinajstić information content (AvgIpc) is 2.39. The molecule has 1 aromatic rings. The topological polar surface area (TPSA) is 44.3 Å². The standard InChI is InChI=1S/C12H18N2O/c1-8(2)10-5-6-13-12-7-9(15)3-4-11(12)14-10/h3-4,7-8,10,13-15H,5-6H2,1-2H3. The van der Waals surface area contributed by atoms with E-state index in [0.717, 1.165) is 24.3 Å². The molecule has 0 fully saturated rings. The van der Waals surface area contributed by atoms with Gasteiger partial charge in [-0.1, -0.05) is 13.8 Å². The van der Waals surface area contributed by atoms with Gasteiger partial charge in [0.15, 0.2) is 0 Å². The Morgan fingerprint density at radius 2 is 2.13 bits per heavy atom. The van der Waals surface area contributed by atoms with Crippen molar-refractivity contribution in [3.05, 3.63) is 18.2 Å². The molecule has 0 amide bonds. The van der Waals surface area contributed by atoms with Gasteiger partial charge < -0.3 is 15.7 Å². The van der Waals surface area contributed by atoms with E-state index < -0.39 is 0 Å². The number of rotatable bonds is 1. The fourth-order valence-electron chi connectivity index (χ4n) is 1.94. The van der Waals surface area contributed by atoms with E-state index in [-0.39, 0.29) is 0 Å². The van der Waals surface area contributed by atoms with Crippen molar-refractivity contribution in [3.8, 4) is 5.75 Å². The molecule has 82 valence electrons. The van der Waals surface area contributed by atoms with Gasteiger partial charge in [-0.2, -0.15) is 0 Å². The summed E-state index contributed by atoms with van der Waals surface area (Å²) in [6.07, 6.45) is 1.10. The van der Waals surface area contributed by atoms with Gasteiger partial charge in [0.1, 0.15) is 5.75 Å². The van der Waals surface area contributed by atoms with Crippen LogP contribution in [0, 0.1) is 5.92 Å². The Morgan fingerprint density at radius 1 is 1.33 bits per heavy atom. The van der Waals surface area contributed by atoms with E-state index in [1.165, 1.54) is 0 Å². The molecule has 1 aromatic carbocycles. The first kappa shape index (κ1) is 10.1. The number of aromatic hydroxyl groups is 1. The first-order chi connectivity index (χ1) is 7.16. The third-order valence-electron chi connectivity index (χ3n) is 2.92. The molecular weight excluding hydrogens is 188 g/mol. The Kier molecular flexibility index (Phi) is 2.71. The number of nitrogens with one attached hydrogen (secondary N) is 2. The molecule has 0 spiro atoms. The largest absolute Gasteiger partial charge is 0.508 e. The molecule has 0 saturated heterocycles. The van der Waals surface area contributed by atoms with Gasteiger partial charge in [-0.3, -0.25) is 0 Å². The van der Waals surface area contributed by atoms with Crippen LogP contribution in [0.3, 0.4) is 0 Å². The van der Waals surface area contributed by atoms with Crippen molar-refractivity contribution in [2.24, 2.45) is 5.92 Å². The molecule has 3 N–H and O–H groups in total. The zero-order valence-electron chi connectivity index (χ0n) is 9.25. The maximum atomic E-state index is 9.39. The normalized spacial score (nSPS) is 20.1. The summed E-state index contributed by atoms with van der Waals surface area (Å²) in [5, 5.41) is 16.2. The van der Waals surface area contributed by atoms with Gasteiger partial charge in [0.2, 0.25) is 0 Å². The van der Waals surface area contributed by atoms with Crippen LogP contribution >= 0.6 is 0 Å². The Balaban J connectivity index is 2.26. The third kappa shape index (κ3) is 2.17. The van der Waals surface area contributed by atoms with Gasteiger partial charge >= 0.3 is 0 Å². The smallest absolute Gasteiger partial charge is 0.117 e. The third-order valence-corrected chi connectivity index (χ3v) is 2.92. The van der Waals surface area contributed by atoms with Crippen LogP contribution in [0.1, 0.15) is 20.3 Å². The molecule has 2 rings (SSSR count). The van der Waals surface area contributed by atoms with Crippen molar-refractivity contribution in [1.29, 1.82) is 0 Å². The van der Waals surface area contributed by atoms with E-state index in [1.807, 2.05) is 6.07 Å². The second-order valence-electron chi connectivity index (χ2n) is 4.44. The molecule has 15 heavy (non-hydrogen) atoms. The van der Waals surface area contributed by atoms with Crippen molar-refractivity contribution >= 4 is 11.4 Å². The summed E-state index contributed by atoms with van der Waals surface area (Å²) >= 11 is 0. The lowest BCUT2D eigenvalue weighted by Gasteiger charge is -2.21. The second-order valence-corrected chi connectivity index (χ2v) is 4.44. The van der Waals surface area contributed by atoms with E-state index in [0.29, 0.717) is 17.7 Å². The molecule has 3 nitrogen and oxygen atoms in total. The van der Waals surface area contributed by atoms with E-state index in [1.54, 1.807) is 12.1 Å². The molecule has 1 atom stereocenters. The molecule has 0 aliphatic carbocycles. The summed E-state index contributed by atoms with van der Waals surface area (Å²) < 4.78 is 0. The fraction of sp³-hybridized carbons (Fsp3) is 0.500. The Labute approximate surface area is 90.5 Å². The van der Waals surface area contributed by atoms with E-state index in [4.69, 9.17) is 0 Å². The SMILES string of the molecule is CC(C)C1CCNc2cc(O)ccc2N1. The number of fused-ring (bicyclic) bond motifs is 1. The number of phenols is 1. The summed E-state index contributed by atoms with van der Waals surface area (Å²) in [6, 6.07) is 5.92. The van der Waals surface area contributed by atoms with Crippen LogP contribution in [-0.2, 0) is 0 Å². The average molecular weight is 206 g/mol. The van der Waals surface area contributed by atoms with Crippen LogP contribution in [0.4, 0.5) is 11.4 Å². The molecule has 1 aliphatic heterocycles. The highest BCUT2D eigenvalue weighted by Crippen LogP contribution is 2.30. The molecule has 0 bridgehead atoms. The minimum Gasteiger partial charge on any atom is -0.508 e. The van der Waals surface area contributed by atoms with Crippen LogP contribution in [0.25, 0.3) is 0 Å². The highest BCUT2D eigenvalue weighted by molar-refractivity contribution is 5.71. The van der Waals surface area contributed by atoms with E-state index in [9.17, 15) is 5.11 Å². The maximum Gasteiger partial charge on any atom is 0.117 e. The highest BCUT2D eigenvalue weighted by Gasteiger charge is 2.17. The number of phenolic OH excluding ortho intramolecular Hbond substituents is 1. The van der Waals surface area contributed by atoms with Crippen LogP contribution < -0.4 is 10.6 Å². The fourth-order valence-corrected chi connectivity index (χ4v) is 1.94. The number of anilines is 2. The lowest BCUT2D eigenvalue weighted by atomic mass is 10.0. The number of benzene rings is 1. The number of hydrogen-bond acceptors (Lipinski definition) is 3. The summed E-state index contributed by atoms with van der Waals surface area (Å²) in [7, 11) is 0. The van der Waals surface area contributed by atoms with Gasteiger partial charge in [-0.05, 0) is 24.5 Å². The molecule has 1 heterocycles. The zero-order chi connectivity index (χ0) is 10.8. The first-order valence-electron chi connectivity index (χ1n) is 5.50. The molecule has 0 aromatic heterocycles. The van der Waals surface area contributed by atoms with Gasteiger partial charge in [0, 0.05) is 18.7 Å². The van der Waals surface area contributed by atoms with Crippen molar-refractivity contribution in [1.82, 2.24) is 0 Å².